The average molecular weight is 263 g/mol. The van der Waals surface area contributed by atoms with Crippen molar-refractivity contribution in [3.05, 3.63) is 28.3 Å². The second-order valence-corrected chi connectivity index (χ2v) is 5.35. The maximum Gasteiger partial charge on any atom is 0.296 e. The molecule has 3 fully saturated rings. The molecule has 2 bridgehead atoms. The van der Waals surface area contributed by atoms with Gasteiger partial charge < -0.3 is 15.3 Å². The van der Waals surface area contributed by atoms with Gasteiger partial charge in [0.1, 0.15) is 11.4 Å². The van der Waals surface area contributed by atoms with Crippen LogP contribution in [0.3, 0.4) is 0 Å². The van der Waals surface area contributed by atoms with Crippen LogP contribution in [0.25, 0.3) is 0 Å². The second kappa shape index (κ2) is 4.70. The van der Waals surface area contributed by atoms with Crippen LogP contribution in [0.1, 0.15) is 12.8 Å². The summed E-state index contributed by atoms with van der Waals surface area (Å²) in [7, 11) is 0. The lowest BCUT2D eigenvalue weighted by Crippen LogP contribution is -2.53. The third kappa shape index (κ3) is 2.35. The van der Waals surface area contributed by atoms with E-state index in [-0.39, 0.29) is 17.5 Å². The van der Waals surface area contributed by atoms with Crippen LogP contribution in [-0.2, 0) is 0 Å². The number of benzene rings is 1. The van der Waals surface area contributed by atoms with Crippen molar-refractivity contribution >= 4 is 11.4 Å². The highest BCUT2D eigenvalue weighted by molar-refractivity contribution is 5.64. The predicted molar refractivity (Wildman–Crippen MR) is 71.3 cm³/mol. The largest absolute Gasteiger partial charge is 0.508 e. The fourth-order valence-corrected chi connectivity index (χ4v) is 3.12. The number of fused-ring (bicyclic) bond motifs is 3. The van der Waals surface area contributed by atoms with E-state index in [2.05, 4.69) is 10.2 Å². The molecule has 6 nitrogen and oxygen atoms in total. The summed E-state index contributed by atoms with van der Waals surface area (Å²) in [5, 5.41) is 23.7. The maximum absolute atomic E-state index is 11.0. The molecule has 102 valence electrons. The highest BCUT2D eigenvalue weighted by Crippen LogP contribution is 2.34. The van der Waals surface area contributed by atoms with Gasteiger partial charge in [0.2, 0.25) is 0 Å². The molecule has 1 atom stereocenters. The van der Waals surface area contributed by atoms with Crippen molar-refractivity contribution in [1.29, 1.82) is 0 Å². The molecular weight excluding hydrogens is 246 g/mol. The van der Waals surface area contributed by atoms with Gasteiger partial charge in [0.15, 0.2) is 0 Å². The minimum atomic E-state index is -0.455. The number of rotatable bonds is 3. The number of nitrogens with one attached hydrogen (secondary N) is 1. The third-order valence-electron chi connectivity index (χ3n) is 4.18. The molecule has 0 saturated carbocycles. The highest BCUT2D eigenvalue weighted by Gasteiger charge is 2.34. The monoisotopic (exact) mass is 263 g/mol. The molecular formula is C13H17N3O3. The van der Waals surface area contributed by atoms with Crippen LogP contribution in [0.4, 0.5) is 11.4 Å². The quantitative estimate of drug-likeness (QED) is 0.494. The van der Waals surface area contributed by atoms with Crippen molar-refractivity contribution in [1.82, 2.24) is 4.90 Å². The summed E-state index contributed by atoms with van der Waals surface area (Å²) in [5.74, 6) is 0.518. The van der Waals surface area contributed by atoms with Crippen LogP contribution in [0.5, 0.6) is 5.75 Å². The lowest BCUT2D eigenvalue weighted by Gasteiger charge is -2.45. The van der Waals surface area contributed by atoms with E-state index in [1.807, 2.05) is 0 Å². The number of hydrogen-bond donors (Lipinski definition) is 2. The predicted octanol–water partition coefficient (Wildman–Crippen LogP) is 1.81. The van der Waals surface area contributed by atoms with Crippen LogP contribution < -0.4 is 5.32 Å². The summed E-state index contributed by atoms with van der Waals surface area (Å²) in [4.78, 5) is 13.0. The number of anilines is 1. The Bertz CT molecular complexity index is 498. The zero-order chi connectivity index (χ0) is 13.4. The number of phenols is 1. The Morgan fingerprint density at radius 2 is 2.11 bits per heavy atom. The first-order valence-electron chi connectivity index (χ1n) is 6.60. The molecule has 0 aromatic heterocycles. The molecule has 19 heavy (non-hydrogen) atoms. The van der Waals surface area contributed by atoms with Crippen LogP contribution in [0.2, 0.25) is 0 Å². The number of nitro groups is 1. The van der Waals surface area contributed by atoms with Gasteiger partial charge in [-0.05, 0) is 44.0 Å². The van der Waals surface area contributed by atoms with Gasteiger partial charge in [0.05, 0.1) is 11.0 Å². The molecule has 0 amide bonds. The number of piperidine rings is 3. The van der Waals surface area contributed by atoms with Gasteiger partial charge in [-0.15, -0.1) is 0 Å². The molecule has 3 heterocycles. The third-order valence-corrected chi connectivity index (χ3v) is 4.18. The number of hydrogen-bond acceptors (Lipinski definition) is 5. The van der Waals surface area contributed by atoms with Gasteiger partial charge in [-0.25, -0.2) is 0 Å². The van der Waals surface area contributed by atoms with Gasteiger partial charge in [-0.3, -0.25) is 10.1 Å². The topological polar surface area (TPSA) is 78.6 Å². The van der Waals surface area contributed by atoms with E-state index in [0.717, 1.165) is 32.5 Å². The van der Waals surface area contributed by atoms with Crippen molar-refractivity contribution in [2.45, 2.75) is 18.9 Å². The van der Waals surface area contributed by atoms with Gasteiger partial charge in [0, 0.05) is 12.6 Å². The zero-order valence-electron chi connectivity index (χ0n) is 10.6. The van der Waals surface area contributed by atoms with Crippen molar-refractivity contribution in [3.8, 4) is 5.75 Å². The second-order valence-electron chi connectivity index (χ2n) is 5.35. The summed E-state index contributed by atoms with van der Waals surface area (Å²) >= 11 is 0. The Kier molecular flexibility index (Phi) is 3.02. The average Bonchev–Trinajstić information content (AvgIpc) is 2.42. The lowest BCUT2D eigenvalue weighted by molar-refractivity contribution is -0.384. The molecule has 3 aliphatic rings. The van der Waals surface area contributed by atoms with Crippen molar-refractivity contribution in [2.24, 2.45) is 5.92 Å². The van der Waals surface area contributed by atoms with Crippen LogP contribution in [0, 0.1) is 16.0 Å². The Morgan fingerprint density at radius 1 is 1.37 bits per heavy atom. The molecule has 0 aliphatic carbocycles. The van der Waals surface area contributed by atoms with Gasteiger partial charge in [-0.1, -0.05) is 0 Å². The van der Waals surface area contributed by atoms with Crippen molar-refractivity contribution < 1.29 is 10.0 Å². The van der Waals surface area contributed by atoms with E-state index < -0.39 is 4.92 Å². The lowest BCUT2D eigenvalue weighted by atomic mass is 9.84. The molecule has 4 rings (SSSR count). The highest BCUT2D eigenvalue weighted by atomic mass is 16.6. The summed E-state index contributed by atoms with van der Waals surface area (Å²) < 4.78 is 0. The zero-order valence-corrected chi connectivity index (χ0v) is 10.6. The molecule has 0 spiro atoms. The summed E-state index contributed by atoms with van der Waals surface area (Å²) in [6.45, 7) is 3.23. The van der Waals surface area contributed by atoms with Gasteiger partial charge in [0.25, 0.3) is 5.69 Å². The van der Waals surface area contributed by atoms with E-state index in [4.69, 9.17) is 0 Å². The van der Waals surface area contributed by atoms with Gasteiger partial charge in [-0.2, -0.15) is 0 Å². The molecule has 3 saturated heterocycles. The number of phenolic OH excluding ortho intramolecular Hbond substituents is 1. The normalized spacial score (nSPS) is 29.2. The molecule has 1 aromatic carbocycles. The first kappa shape index (κ1) is 12.2. The van der Waals surface area contributed by atoms with Crippen LogP contribution in [-0.4, -0.2) is 40.6 Å². The smallest absolute Gasteiger partial charge is 0.296 e. The standard InChI is InChI=1S/C13H17N3O3/c17-10-1-2-11(13(7-10)16(18)19)14-12-8-15-5-3-9(12)4-6-15/h1-2,7,9,12,14,17H,3-6,8H2. The molecule has 2 N–H and O–H groups in total. The van der Waals surface area contributed by atoms with Crippen molar-refractivity contribution in [2.75, 3.05) is 25.0 Å². The minimum absolute atomic E-state index is 0.0588. The number of aromatic hydroxyl groups is 1. The minimum Gasteiger partial charge on any atom is -0.508 e. The van der Waals surface area contributed by atoms with E-state index in [1.165, 1.54) is 12.1 Å². The Hall–Kier alpha value is -1.82. The maximum atomic E-state index is 11.0. The Balaban J connectivity index is 1.81. The van der Waals surface area contributed by atoms with Gasteiger partial charge >= 0.3 is 0 Å². The number of nitrogens with zero attached hydrogens (tertiary/aromatic N) is 2. The number of nitro benzene ring substituents is 1. The van der Waals surface area contributed by atoms with E-state index in [1.54, 1.807) is 6.07 Å². The van der Waals surface area contributed by atoms with E-state index in [0.29, 0.717) is 11.6 Å². The van der Waals surface area contributed by atoms with Crippen molar-refractivity contribution in [3.63, 3.8) is 0 Å². The first-order valence-corrected chi connectivity index (χ1v) is 6.60. The molecule has 1 aromatic rings. The molecule has 1 unspecified atom stereocenters. The Morgan fingerprint density at radius 3 is 2.68 bits per heavy atom. The van der Waals surface area contributed by atoms with Crippen LogP contribution >= 0.6 is 0 Å². The van der Waals surface area contributed by atoms with E-state index >= 15 is 0 Å². The summed E-state index contributed by atoms with van der Waals surface area (Å²) in [6.07, 6.45) is 2.31. The van der Waals surface area contributed by atoms with E-state index in [9.17, 15) is 15.2 Å². The summed E-state index contributed by atoms with van der Waals surface area (Å²) in [5.41, 5.74) is 0.443. The Labute approximate surface area is 111 Å². The molecule has 0 radical (unpaired) electrons. The first-order chi connectivity index (χ1) is 9.13. The molecule has 3 aliphatic heterocycles. The summed E-state index contributed by atoms with van der Waals surface area (Å²) in [6, 6.07) is 4.54. The SMILES string of the molecule is O=[N+]([O-])c1cc(O)ccc1NC1CN2CCC1CC2. The molecule has 6 heteroatoms. The fraction of sp³-hybridized carbons (Fsp3) is 0.538. The fourth-order valence-electron chi connectivity index (χ4n) is 3.12. The van der Waals surface area contributed by atoms with Crippen LogP contribution in [0.15, 0.2) is 18.2 Å².